The number of nitriles is 1. The minimum absolute atomic E-state index is 0.126. The van der Waals surface area contributed by atoms with Gasteiger partial charge in [0.25, 0.3) is 5.56 Å². The summed E-state index contributed by atoms with van der Waals surface area (Å²) in [5.41, 5.74) is 5.01. The van der Waals surface area contributed by atoms with Gasteiger partial charge in [0.1, 0.15) is 11.6 Å². The van der Waals surface area contributed by atoms with Gasteiger partial charge in [0.15, 0.2) is 6.29 Å². The summed E-state index contributed by atoms with van der Waals surface area (Å²) in [4.78, 5) is 14.7. The summed E-state index contributed by atoms with van der Waals surface area (Å²) >= 11 is 0. The molecule has 0 unspecified atom stereocenters. The molecule has 5 heteroatoms. The van der Waals surface area contributed by atoms with Gasteiger partial charge in [0.2, 0.25) is 0 Å². The van der Waals surface area contributed by atoms with Gasteiger partial charge in [-0.3, -0.25) is 4.79 Å². The first-order chi connectivity index (χ1) is 13.2. The van der Waals surface area contributed by atoms with Crippen molar-refractivity contribution in [2.75, 3.05) is 13.2 Å². The lowest BCUT2D eigenvalue weighted by Gasteiger charge is -2.15. The van der Waals surface area contributed by atoms with Crippen LogP contribution in [0, 0.1) is 18.3 Å². The van der Waals surface area contributed by atoms with Crippen LogP contribution in [0.3, 0.4) is 0 Å². The fourth-order valence-electron chi connectivity index (χ4n) is 3.36. The van der Waals surface area contributed by atoms with Crippen LogP contribution in [-0.2, 0) is 9.47 Å². The molecule has 3 aromatic rings. The highest BCUT2D eigenvalue weighted by molar-refractivity contribution is 5.75. The molecule has 0 saturated carbocycles. The van der Waals surface area contributed by atoms with Crippen molar-refractivity contribution in [2.45, 2.75) is 13.2 Å². The van der Waals surface area contributed by atoms with Gasteiger partial charge in [0, 0.05) is 16.8 Å². The average molecular weight is 358 g/mol. The van der Waals surface area contributed by atoms with Gasteiger partial charge < -0.3 is 14.5 Å². The number of aryl methyl sites for hydroxylation is 1. The van der Waals surface area contributed by atoms with Gasteiger partial charge in [-0.25, -0.2) is 0 Å². The topological polar surface area (TPSA) is 75.1 Å². The minimum Gasteiger partial charge on any atom is -0.346 e. The third-order valence-corrected chi connectivity index (χ3v) is 4.62. The first-order valence-corrected chi connectivity index (χ1v) is 8.74. The van der Waals surface area contributed by atoms with E-state index in [1.807, 2.05) is 60.7 Å². The Labute approximate surface area is 156 Å². The molecule has 27 heavy (non-hydrogen) atoms. The van der Waals surface area contributed by atoms with Gasteiger partial charge in [-0.05, 0) is 29.7 Å². The molecule has 0 spiro atoms. The Morgan fingerprint density at radius 3 is 2.30 bits per heavy atom. The standard InChI is InChI=1S/C22H18N2O3/c1-14-12-19(20(13-23)21(25)24-14)16-8-6-15(7-9-16)17-4-2-3-5-18(17)22-26-10-11-27-22/h2-9,12,22H,10-11H2,1H3,(H,24,25). The molecule has 1 aliphatic heterocycles. The van der Waals surface area contributed by atoms with Gasteiger partial charge in [0.05, 0.1) is 13.2 Å². The molecule has 0 radical (unpaired) electrons. The Balaban J connectivity index is 1.75. The molecule has 2 heterocycles. The number of pyridine rings is 1. The molecule has 4 rings (SSSR count). The van der Waals surface area contributed by atoms with Gasteiger partial charge in [-0.2, -0.15) is 5.26 Å². The molecule has 1 aromatic heterocycles. The van der Waals surface area contributed by atoms with Crippen LogP contribution in [0.15, 0.2) is 59.4 Å². The van der Waals surface area contributed by atoms with Gasteiger partial charge >= 0.3 is 0 Å². The van der Waals surface area contributed by atoms with Crippen LogP contribution in [0.5, 0.6) is 0 Å². The zero-order valence-electron chi connectivity index (χ0n) is 14.9. The van der Waals surface area contributed by atoms with Gasteiger partial charge in [-0.1, -0.05) is 48.5 Å². The summed E-state index contributed by atoms with van der Waals surface area (Å²) in [6, 6.07) is 19.7. The Bertz CT molecular complexity index is 1070. The highest BCUT2D eigenvalue weighted by atomic mass is 16.7. The Hall–Kier alpha value is -3.20. The molecule has 0 amide bonds. The summed E-state index contributed by atoms with van der Waals surface area (Å²) in [6.45, 7) is 2.99. The van der Waals surface area contributed by atoms with Crippen molar-refractivity contribution in [3.05, 3.63) is 81.8 Å². The van der Waals surface area contributed by atoms with E-state index in [4.69, 9.17) is 9.47 Å². The second-order valence-electron chi connectivity index (χ2n) is 6.42. The lowest BCUT2D eigenvalue weighted by Crippen LogP contribution is -2.12. The summed E-state index contributed by atoms with van der Waals surface area (Å²) in [6.07, 6.45) is -0.346. The monoisotopic (exact) mass is 358 g/mol. The Kier molecular flexibility index (Phi) is 4.59. The van der Waals surface area contributed by atoms with Crippen molar-refractivity contribution < 1.29 is 9.47 Å². The van der Waals surface area contributed by atoms with Crippen molar-refractivity contribution in [3.63, 3.8) is 0 Å². The van der Waals surface area contributed by atoms with Crippen LogP contribution >= 0.6 is 0 Å². The summed E-state index contributed by atoms with van der Waals surface area (Å²) < 4.78 is 11.3. The summed E-state index contributed by atoms with van der Waals surface area (Å²) in [5.74, 6) is 0. The van der Waals surface area contributed by atoms with E-state index in [0.29, 0.717) is 18.8 Å². The quantitative estimate of drug-likeness (QED) is 0.770. The predicted octanol–water partition coefficient (Wildman–Crippen LogP) is 3.93. The third kappa shape index (κ3) is 3.28. The molecule has 1 fully saturated rings. The number of hydrogen-bond acceptors (Lipinski definition) is 4. The number of nitrogens with one attached hydrogen (secondary N) is 1. The first-order valence-electron chi connectivity index (χ1n) is 8.74. The lowest BCUT2D eigenvalue weighted by atomic mass is 9.95. The Morgan fingerprint density at radius 1 is 1.00 bits per heavy atom. The number of benzene rings is 2. The van der Waals surface area contributed by atoms with Crippen molar-refractivity contribution in [2.24, 2.45) is 0 Å². The maximum absolute atomic E-state index is 12.0. The number of nitrogens with zero attached hydrogens (tertiary/aromatic N) is 1. The normalized spacial score (nSPS) is 14.2. The van der Waals surface area contributed by atoms with Gasteiger partial charge in [-0.15, -0.1) is 0 Å². The number of aromatic nitrogens is 1. The fourth-order valence-corrected chi connectivity index (χ4v) is 3.36. The number of ether oxygens (including phenoxy) is 2. The first kappa shape index (κ1) is 17.2. The zero-order valence-corrected chi connectivity index (χ0v) is 14.9. The zero-order chi connectivity index (χ0) is 18.8. The lowest BCUT2D eigenvalue weighted by molar-refractivity contribution is -0.0436. The van der Waals surface area contributed by atoms with Crippen LogP contribution in [-0.4, -0.2) is 18.2 Å². The fraction of sp³-hybridized carbons (Fsp3) is 0.182. The SMILES string of the molecule is Cc1cc(-c2ccc(-c3ccccc3C3OCCO3)cc2)c(C#N)c(=O)[nH]1. The molecule has 5 nitrogen and oxygen atoms in total. The largest absolute Gasteiger partial charge is 0.346 e. The van der Waals surface area contributed by atoms with E-state index < -0.39 is 0 Å². The van der Waals surface area contributed by atoms with Crippen molar-refractivity contribution in [1.29, 1.82) is 5.26 Å². The molecule has 0 aliphatic carbocycles. The summed E-state index contributed by atoms with van der Waals surface area (Å²) in [5, 5.41) is 9.34. The molecule has 1 N–H and O–H groups in total. The maximum Gasteiger partial charge on any atom is 0.266 e. The molecule has 1 saturated heterocycles. The molecule has 1 aliphatic rings. The molecule has 2 aromatic carbocycles. The minimum atomic E-state index is -0.363. The molecule has 134 valence electrons. The van der Waals surface area contributed by atoms with E-state index in [2.05, 4.69) is 4.98 Å². The number of rotatable bonds is 3. The van der Waals surface area contributed by atoms with Crippen molar-refractivity contribution in [1.82, 2.24) is 4.98 Å². The van der Waals surface area contributed by atoms with Crippen LogP contribution in [0.25, 0.3) is 22.3 Å². The molecular formula is C22H18N2O3. The van der Waals surface area contributed by atoms with E-state index in [0.717, 1.165) is 27.9 Å². The molecule has 0 bridgehead atoms. The second kappa shape index (κ2) is 7.20. The second-order valence-corrected chi connectivity index (χ2v) is 6.42. The third-order valence-electron chi connectivity index (χ3n) is 4.62. The summed E-state index contributed by atoms with van der Waals surface area (Å²) in [7, 11) is 0. The Morgan fingerprint density at radius 2 is 1.63 bits per heavy atom. The highest BCUT2D eigenvalue weighted by Gasteiger charge is 2.21. The molecular weight excluding hydrogens is 340 g/mol. The number of aromatic amines is 1. The molecule has 0 atom stereocenters. The van der Waals surface area contributed by atoms with Crippen LogP contribution in [0.1, 0.15) is 23.1 Å². The van der Waals surface area contributed by atoms with Crippen LogP contribution in [0.4, 0.5) is 0 Å². The van der Waals surface area contributed by atoms with Crippen molar-refractivity contribution >= 4 is 0 Å². The number of H-pyrrole nitrogens is 1. The highest BCUT2D eigenvalue weighted by Crippen LogP contribution is 2.34. The van der Waals surface area contributed by atoms with E-state index in [1.54, 1.807) is 6.92 Å². The van der Waals surface area contributed by atoms with E-state index in [9.17, 15) is 10.1 Å². The predicted molar refractivity (Wildman–Crippen MR) is 102 cm³/mol. The van der Waals surface area contributed by atoms with Crippen LogP contribution < -0.4 is 5.56 Å². The van der Waals surface area contributed by atoms with E-state index >= 15 is 0 Å². The van der Waals surface area contributed by atoms with Crippen molar-refractivity contribution in [3.8, 4) is 28.3 Å². The number of hydrogen-bond donors (Lipinski definition) is 1. The van der Waals surface area contributed by atoms with Crippen LogP contribution in [0.2, 0.25) is 0 Å². The van der Waals surface area contributed by atoms with E-state index in [1.165, 1.54) is 0 Å². The average Bonchev–Trinajstić information content (AvgIpc) is 3.22. The smallest absolute Gasteiger partial charge is 0.266 e. The maximum atomic E-state index is 12.0. The van der Waals surface area contributed by atoms with E-state index in [-0.39, 0.29) is 17.4 Å².